The Bertz CT molecular complexity index is 699. The average molecular weight is 428 g/mol. The van der Waals surface area contributed by atoms with Crippen LogP contribution in [0.2, 0.25) is 0 Å². The molecule has 156 valence electrons. The van der Waals surface area contributed by atoms with Crippen LogP contribution in [0.1, 0.15) is 24.1 Å². The minimum atomic E-state index is -0.331. The number of carbonyl (C=O) groups is 1. The van der Waals surface area contributed by atoms with Crippen LogP contribution < -0.4 is 15.8 Å². The fourth-order valence-corrected chi connectivity index (χ4v) is 2.60. The monoisotopic (exact) mass is 427 g/mol. The maximum Gasteiger partial charge on any atom is 0.225 e. The van der Waals surface area contributed by atoms with Crippen molar-refractivity contribution >= 4 is 30.7 Å². The zero-order valence-electron chi connectivity index (χ0n) is 16.6. The normalized spacial score (nSPS) is 12.3. The lowest BCUT2D eigenvalue weighted by Crippen LogP contribution is -2.35. The molecule has 2 rings (SSSR count). The molecule has 0 fully saturated rings. The van der Waals surface area contributed by atoms with Crippen molar-refractivity contribution in [3.05, 3.63) is 65.7 Å². The van der Waals surface area contributed by atoms with Crippen molar-refractivity contribution in [3.63, 3.8) is 0 Å². The van der Waals surface area contributed by atoms with E-state index in [9.17, 15) is 4.79 Å². The highest BCUT2D eigenvalue weighted by Crippen LogP contribution is 2.21. The predicted octanol–water partition coefficient (Wildman–Crippen LogP) is 3.42. The molecule has 0 aliphatic heterocycles. The van der Waals surface area contributed by atoms with Crippen molar-refractivity contribution in [1.29, 1.82) is 0 Å². The molecule has 0 spiro atoms. The third kappa shape index (κ3) is 8.07. The minimum absolute atomic E-state index is 0. The standard InChI is InChI=1S/C21H29N3O2.2ClH/c1-16(20(22)17-9-5-4-6-10-17)21(25)23-15-18-11-7-8-12-19(18)26-14-13-24(2)3;;/h4-12,16,20H,13-15,22H2,1-3H3,(H,23,25);2*1H. The molecule has 0 bridgehead atoms. The Morgan fingerprint density at radius 1 is 1.07 bits per heavy atom. The summed E-state index contributed by atoms with van der Waals surface area (Å²) >= 11 is 0. The lowest BCUT2D eigenvalue weighted by molar-refractivity contribution is -0.125. The van der Waals surface area contributed by atoms with Crippen molar-refractivity contribution in [1.82, 2.24) is 10.2 Å². The van der Waals surface area contributed by atoms with Gasteiger partial charge in [0.1, 0.15) is 12.4 Å². The molecule has 0 saturated heterocycles. The SMILES string of the molecule is CC(C(=O)NCc1ccccc1OCCN(C)C)C(N)c1ccccc1.Cl.Cl. The van der Waals surface area contributed by atoms with Crippen molar-refractivity contribution < 1.29 is 9.53 Å². The Hall–Kier alpha value is -1.79. The summed E-state index contributed by atoms with van der Waals surface area (Å²) in [6, 6.07) is 17.1. The van der Waals surface area contributed by atoms with Crippen molar-refractivity contribution in [2.24, 2.45) is 11.7 Å². The van der Waals surface area contributed by atoms with Gasteiger partial charge in [-0.05, 0) is 25.7 Å². The van der Waals surface area contributed by atoms with Gasteiger partial charge in [0.05, 0.1) is 5.92 Å². The zero-order chi connectivity index (χ0) is 18.9. The molecule has 5 nitrogen and oxygen atoms in total. The predicted molar refractivity (Wildman–Crippen MR) is 119 cm³/mol. The number of nitrogens with two attached hydrogens (primary N) is 1. The van der Waals surface area contributed by atoms with E-state index in [0.29, 0.717) is 13.2 Å². The molecule has 0 aliphatic carbocycles. The number of nitrogens with one attached hydrogen (secondary N) is 1. The number of ether oxygens (including phenoxy) is 1. The highest BCUT2D eigenvalue weighted by Gasteiger charge is 2.22. The van der Waals surface area contributed by atoms with Gasteiger partial charge in [0.15, 0.2) is 0 Å². The van der Waals surface area contributed by atoms with E-state index in [1.54, 1.807) is 0 Å². The van der Waals surface area contributed by atoms with Crippen molar-refractivity contribution in [3.8, 4) is 5.75 Å². The fourth-order valence-electron chi connectivity index (χ4n) is 2.60. The molecule has 0 saturated carbocycles. The number of para-hydroxylation sites is 1. The van der Waals surface area contributed by atoms with E-state index in [1.807, 2.05) is 75.6 Å². The maximum absolute atomic E-state index is 12.5. The van der Waals surface area contributed by atoms with E-state index in [0.717, 1.165) is 23.4 Å². The molecular formula is C21H31Cl2N3O2. The second kappa shape index (κ2) is 13.4. The number of halogens is 2. The van der Waals surface area contributed by atoms with Gasteiger partial charge in [-0.15, -0.1) is 24.8 Å². The molecule has 2 atom stereocenters. The molecule has 2 aromatic carbocycles. The van der Waals surface area contributed by atoms with E-state index in [-0.39, 0.29) is 42.7 Å². The highest BCUT2D eigenvalue weighted by molar-refractivity contribution is 5.85. The second-order valence-electron chi connectivity index (χ2n) is 6.70. The number of benzene rings is 2. The minimum Gasteiger partial charge on any atom is -0.492 e. The van der Waals surface area contributed by atoms with E-state index < -0.39 is 0 Å². The first kappa shape index (κ1) is 26.2. The van der Waals surface area contributed by atoms with Gasteiger partial charge in [-0.3, -0.25) is 4.79 Å². The van der Waals surface area contributed by atoms with Crippen LogP contribution in [-0.4, -0.2) is 38.1 Å². The summed E-state index contributed by atoms with van der Waals surface area (Å²) in [5.41, 5.74) is 8.16. The number of carbonyl (C=O) groups excluding carboxylic acids is 1. The third-order valence-electron chi connectivity index (χ3n) is 4.36. The van der Waals surface area contributed by atoms with Gasteiger partial charge in [-0.2, -0.15) is 0 Å². The Labute approximate surface area is 180 Å². The Balaban J connectivity index is 0.00000364. The van der Waals surface area contributed by atoms with E-state index in [1.165, 1.54) is 0 Å². The first-order chi connectivity index (χ1) is 12.5. The van der Waals surface area contributed by atoms with Crippen LogP contribution in [0.3, 0.4) is 0 Å². The van der Waals surface area contributed by atoms with Gasteiger partial charge in [0, 0.05) is 24.7 Å². The van der Waals surface area contributed by atoms with Crippen molar-refractivity contribution in [2.75, 3.05) is 27.2 Å². The smallest absolute Gasteiger partial charge is 0.225 e. The number of likely N-dealkylation sites (N-methyl/N-ethyl adjacent to an activating group) is 1. The molecule has 2 aromatic rings. The molecule has 0 heterocycles. The number of hydrogen-bond donors (Lipinski definition) is 2. The summed E-state index contributed by atoms with van der Waals surface area (Å²) in [5, 5.41) is 2.98. The van der Waals surface area contributed by atoms with Crippen LogP contribution in [0.25, 0.3) is 0 Å². The highest BCUT2D eigenvalue weighted by atomic mass is 35.5. The largest absolute Gasteiger partial charge is 0.492 e. The summed E-state index contributed by atoms with van der Waals surface area (Å²) in [4.78, 5) is 14.6. The topological polar surface area (TPSA) is 67.6 Å². The van der Waals surface area contributed by atoms with Crippen molar-refractivity contribution in [2.45, 2.75) is 19.5 Å². The summed E-state index contributed by atoms with van der Waals surface area (Å²) in [6.07, 6.45) is 0. The summed E-state index contributed by atoms with van der Waals surface area (Å²) in [5.74, 6) is 0.415. The first-order valence-electron chi connectivity index (χ1n) is 8.92. The molecule has 0 radical (unpaired) electrons. The summed E-state index contributed by atoms with van der Waals surface area (Å²) < 4.78 is 5.84. The Kier molecular flexibility index (Phi) is 12.5. The van der Waals surface area contributed by atoms with Gasteiger partial charge >= 0.3 is 0 Å². The Morgan fingerprint density at radius 2 is 1.68 bits per heavy atom. The number of amides is 1. The molecule has 1 amide bonds. The molecule has 2 unspecified atom stereocenters. The lowest BCUT2D eigenvalue weighted by Gasteiger charge is -2.20. The molecular weight excluding hydrogens is 397 g/mol. The second-order valence-corrected chi connectivity index (χ2v) is 6.70. The van der Waals surface area contributed by atoms with E-state index in [4.69, 9.17) is 10.5 Å². The van der Waals surface area contributed by atoms with Gasteiger partial charge in [0.2, 0.25) is 5.91 Å². The molecule has 7 heteroatoms. The maximum atomic E-state index is 12.5. The van der Waals surface area contributed by atoms with Gasteiger partial charge < -0.3 is 20.7 Å². The van der Waals surface area contributed by atoms with Crippen LogP contribution in [0.4, 0.5) is 0 Å². The quantitative estimate of drug-likeness (QED) is 0.642. The average Bonchev–Trinajstić information content (AvgIpc) is 2.66. The fraction of sp³-hybridized carbons (Fsp3) is 0.381. The van der Waals surface area contributed by atoms with Crippen LogP contribution in [-0.2, 0) is 11.3 Å². The number of hydrogen-bond acceptors (Lipinski definition) is 4. The van der Waals surface area contributed by atoms with Crippen LogP contribution in [0.15, 0.2) is 54.6 Å². The first-order valence-corrected chi connectivity index (χ1v) is 8.92. The van der Waals surface area contributed by atoms with Gasteiger partial charge in [-0.1, -0.05) is 55.5 Å². The molecule has 0 aromatic heterocycles. The number of rotatable bonds is 9. The molecule has 28 heavy (non-hydrogen) atoms. The Morgan fingerprint density at radius 3 is 2.32 bits per heavy atom. The van der Waals surface area contributed by atoms with Crippen LogP contribution >= 0.6 is 24.8 Å². The van der Waals surface area contributed by atoms with Crippen LogP contribution in [0, 0.1) is 5.92 Å². The van der Waals surface area contributed by atoms with Gasteiger partial charge in [-0.25, -0.2) is 0 Å². The zero-order valence-corrected chi connectivity index (χ0v) is 18.3. The van der Waals surface area contributed by atoms with Gasteiger partial charge in [0.25, 0.3) is 0 Å². The number of nitrogens with zero attached hydrogens (tertiary/aromatic N) is 1. The third-order valence-corrected chi connectivity index (χ3v) is 4.36. The van der Waals surface area contributed by atoms with E-state index in [2.05, 4.69) is 10.2 Å². The summed E-state index contributed by atoms with van der Waals surface area (Å²) in [7, 11) is 4.01. The lowest BCUT2D eigenvalue weighted by atomic mass is 9.94. The van der Waals surface area contributed by atoms with E-state index >= 15 is 0 Å². The van der Waals surface area contributed by atoms with Crippen LogP contribution in [0.5, 0.6) is 5.75 Å². The summed E-state index contributed by atoms with van der Waals surface area (Å²) in [6.45, 7) is 3.71. The molecule has 3 N–H and O–H groups in total. The molecule has 0 aliphatic rings.